The van der Waals surface area contributed by atoms with Gasteiger partial charge in [0.15, 0.2) is 0 Å². The van der Waals surface area contributed by atoms with E-state index in [9.17, 15) is 13.6 Å². The van der Waals surface area contributed by atoms with Crippen molar-refractivity contribution >= 4 is 5.91 Å². The molecule has 2 aromatic carbocycles. The summed E-state index contributed by atoms with van der Waals surface area (Å²) < 4.78 is 40.6. The highest BCUT2D eigenvalue weighted by Crippen LogP contribution is 2.31. The summed E-state index contributed by atoms with van der Waals surface area (Å²) in [4.78, 5) is 17.9. The minimum atomic E-state index is -2.51. The van der Waals surface area contributed by atoms with Crippen LogP contribution >= 0.6 is 0 Å². The monoisotopic (exact) mass is 635 g/mol. The lowest BCUT2D eigenvalue weighted by Gasteiger charge is -2.26. The average molecular weight is 636 g/mol. The number of amides is 1. The number of nitrogens with one attached hydrogen (secondary N) is 1. The molecule has 1 aliphatic heterocycles. The molecule has 0 radical (unpaired) electrons. The molecular formula is C34H43F2N7O3. The quantitative estimate of drug-likeness (QED) is 0.214. The Kier molecular flexibility index (Phi) is 11.2. The van der Waals surface area contributed by atoms with Gasteiger partial charge in [0.05, 0.1) is 38.2 Å². The molecule has 0 saturated carbocycles. The Hall–Kier alpha value is -4.13. The van der Waals surface area contributed by atoms with Gasteiger partial charge in [0, 0.05) is 55.3 Å². The molecule has 1 atom stereocenters. The number of nitrogens with zero attached hydrogens (tertiary/aromatic N) is 6. The Balaban J connectivity index is 1.38. The maximum absolute atomic E-state index is 13.5. The van der Waals surface area contributed by atoms with Gasteiger partial charge in [-0.3, -0.25) is 19.1 Å². The lowest BCUT2D eigenvalue weighted by Crippen LogP contribution is -2.38. The van der Waals surface area contributed by atoms with Crippen molar-refractivity contribution < 1.29 is 23.0 Å². The fraction of sp³-hybridized carbons (Fsp3) is 0.441. The second-order valence-electron chi connectivity index (χ2n) is 12.0. The Morgan fingerprint density at radius 2 is 1.65 bits per heavy atom. The topological polar surface area (TPSA) is 89.7 Å². The van der Waals surface area contributed by atoms with E-state index in [1.54, 1.807) is 18.5 Å². The molecule has 246 valence electrons. The minimum absolute atomic E-state index is 0.212. The van der Waals surface area contributed by atoms with Crippen molar-refractivity contribution in [1.29, 1.82) is 0 Å². The van der Waals surface area contributed by atoms with Gasteiger partial charge in [0.2, 0.25) is 0 Å². The molecular weight excluding hydrogens is 592 g/mol. The average Bonchev–Trinajstić information content (AvgIpc) is 3.71. The number of hydrogen-bond acceptors (Lipinski definition) is 7. The molecule has 12 heteroatoms. The van der Waals surface area contributed by atoms with Gasteiger partial charge < -0.3 is 19.7 Å². The molecule has 10 nitrogen and oxygen atoms in total. The highest BCUT2D eigenvalue weighted by molar-refractivity contribution is 5.96. The van der Waals surface area contributed by atoms with Crippen molar-refractivity contribution in [1.82, 2.24) is 34.7 Å². The van der Waals surface area contributed by atoms with Crippen LogP contribution in [0.15, 0.2) is 61.2 Å². The van der Waals surface area contributed by atoms with E-state index in [0.29, 0.717) is 23.5 Å². The molecule has 4 aromatic rings. The number of carbonyl (C=O) groups is 1. The van der Waals surface area contributed by atoms with E-state index in [2.05, 4.69) is 20.4 Å². The van der Waals surface area contributed by atoms with Crippen molar-refractivity contribution in [2.45, 2.75) is 39.4 Å². The van der Waals surface area contributed by atoms with E-state index in [1.807, 2.05) is 80.3 Å². The summed E-state index contributed by atoms with van der Waals surface area (Å²) in [6.45, 7) is 9.57. The van der Waals surface area contributed by atoms with Gasteiger partial charge >= 0.3 is 0 Å². The number of hydrogen-bond donors (Lipinski definition) is 1. The van der Waals surface area contributed by atoms with Crippen molar-refractivity contribution in [3.05, 3.63) is 77.9 Å². The molecule has 0 bridgehead atoms. The van der Waals surface area contributed by atoms with Crippen LogP contribution in [-0.4, -0.2) is 102 Å². The lowest BCUT2D eigenvalue weighted by molar-refractivity contribution is 0.0360. The molecule has 1 aliphatic rings. The number of rotatable bonds is 14. The number of carbonyl (C=O) groups excluding carboxylic acids is 1. The van der Waals surface area contributed by atoms with Crippen LogP contribution < -0.4 is 10.1 Å². The summed E-state index contributed by atoms with van der Waals surface area (Å²) in [7, 11) is 3.96. The number of aryl methyl sites for hydroxylation is 1. The van der Waals surface area contributed by atoms with Crippen LogP contribution in [0.4, 0.5) is 8.78 Å². The molecule has 1 saturated heterocycles. The molecule has 0 aliphatic carbocycles. The zero-order valence-electron chi connectivity index (χ0n) is 27.0. The maximum Gasteiger partial charge on any atom is 0.257 e. The van der Waals surface area contributed by atoms with E-state index >= 15 is 0 Å². The highest BCUT2D eigenvalue weighted by atomic mass is 19.3. The molecule has 3 heterocycles. The molecule has 2 aromatic heterocycles. The minimum Gasteiger partial charge on any atom is -0.492 e. The zero-order chi connectivity index (χ0) is 32.6. The summed E-state index contributed by atoms with van der Waals surface area (Å²) in [5.74, 6) is 0.427. The molecule has 0 spiro atoms. The Labute approximate surface area is 268 Å². The fourth-order valence-electron chi connectivity index (χ4n) is 5.33. The van der Waals surface area contributed by atoms with E-state index in [1.165, 1.54) is 4.68 Å². The van der Waals surface area contributed by atoms with Gasteiger partial charge in [-0.1, -0.05) is 6.07 Å². The molecule has 46 heavy (non-hydrogen) atoms. The Morgan fingerprint density at radius 3 is 2.33 bits per heavy atom. The van der Waals surface area contributed by atoms with E-state index in [-0.39, 0.29) is 11.9 Å². The lowest BCUT2D eigenvalue weighted by atomic mass is 9.96. The van der Waals surface area contributed by atoms with E-state index in [4.69, 9.17) is 9.47 Å². The smallest absolute Gasteiger partial charge is 0.257 e. The van der Waals surface area contributed by atoms with Gasteiger partial charge in [0.25, 0.3) is 12.3 Å². The predicted octanol–water partition coefficient (Wildman–Crippen LogP) is 4.75. The maximum atomic E-state index is 13.5. The number of morpholine rings is 1. The summed E-state index contributed by atoms with van der Waals surface area (Å²) >= 11 is 0. The molecule has 1 fully saturated rings. The van der Waals surface area contributed by atoms with Crippen LogP contribution in [0.25, 0.3) is 22.3 Å². The van der Waals surface area contributed by atoms with Crippen molar-refractivity contribution in [3.63, 3.8) is 0 Å². The second kappa shape index (κ2) is 15.4. The van der Waals surface area contributed by atoms with Gasteiger partial charge in [-0.2, -0.15) is 10.2 Å². The molecule has 1 N–H and O–H groups in total. The third kappa shape index (κ3) is 8.99. The molecule has 0 unspecified atom stereocenters. The third-order valence-electron chi connectivity index (χ3n) is 8.07. The molecule has 1 amide bonds. The second-order valence-corrected chi connectivity index (χ2v) is 12.0. The van der Waals surface area contributed by atoms with Crippen LogP contribution in [0, 0.1) is 6.92 Å². The fourth-order valence-corrected chi connectivity index (χ4v) is 5.33. The Bertz CT molecular complexity index is 1600. The first-order valence-corrected chi connectivity index (χ1v) is 15.6. The van der Waals surface area contributed by atoms with Crippen LogP contribution in [0.5, 0.6) is 5.75 Å². The summed E-state index contributed by atoms with van der Waals surface area (Å²) in [6.07, 6.45) is 4.55. The van der Waals surface area contributed by atoms with Crippen molar-refractivity contribution in [2.24, 2.45) is 0 Å². The summed E-state index contributed by atoms with van der Waals surface area (Å²) in [5.41, 5.74) is 5.58. The standard InChI is InChI=1S/C34H43F2N7O3/c1-24-5-6-31(46-14-9-40(3)4)18-32(24)34(44)39-25(2)26-15-27(17-28(16-26)30-20-38-43(22-30)23-33(35)36)29-19-37-42(21-29)8-7-41-10-12-45-13-11-41/h5-6,15-22,25,33H,7-14,23H2,1-4H3,(H,39,44)/t25-/m1/s1. The largest absolute Gasteiger partial charge is 0.492 e. The number of benzene rings is 2. The van der Waals surface area contributed by atoms with Crippen LogP contribution in [0.1, 0.15) is 34.5 Å². The number of aromatic nitrogens is 4. The summed E-state index contributed by atoms with van der Waals surface area (Å²) in [6, 6.07) is 11.2. The first-order valence-electron chi connectivity index (χ1n) is 15.6. The first kappa shape index (κ1) is 33.2. The first-order chi connectivity index (χ1) is 22.1. The normalized spacial score (nSPS) is 14.6. The number of alkyl halides is 2. The molecule has 5 rings (SSSR count). The predicted molar refractivity (Wildman–Crippen MR) is 173 cm³/mol. The van der Waals surface area contributed by atoms with Gasteiger partial charge in [-0.05, 0) is 80.5 Å². The Morgan fingerprint density at radius 1 is 0.978 bits per heavy atom. The van der Waals surface area contributed by atoms with Crippen LogP contribution in [0.2, 0.25) is 0 Å². The van der Waals surface area contributed by atoms with Crippen molar-refractivity contribution in [3.8, 4) is 28.0 Å². The van der Waals surface area contributed by atoms with Gasteiger partial charge in [0.1, 0.15) is 18.9 Å². The summed E-state index contributed by atoms with van der Waals surface area (Å²) in [5, 5.41) is 11.9. The SMILES string of the molecule is Cc1ccc(OCCN(C)C)cc1C(=O)N[C@H](C)c1cc(-c2cnn(CCN3CCOCC3)c2)cc(-c2cnn(CC(F)F)c2)c1. The highest BCUT2D eigenvalue weighted by Gasteiger charge is 2.18. The van der Waals surface area contributed by atoms with Gasteiger partial charge in [-0.15, -0.1) is 0 Å². The number of likely N-dealkylation sites (N-methyl/N-ethyl adjacent to an activating group) is 1. The van der Waals surface area contributed by atoms with Crippen LogP contribution in [0.3, 0.4) is 0 Å². The third-order valence-corrected chi connectivity index (χ3v) is 8.07. The van der Waals surface area contributed by atoms with Crippen LogP contribution in [-0.2, 0) is 17.8 Å². The van der Waals surface area contributed by atoms with Crippen molar-refractivity contribution in [2.75, 3.05) is 60.1 Å². The number of ether oxygens (including phenoxy) is 2. The van der Waals surface area contributed by atoms with Gasteiger partial charge in [-0.25, -0.2) is 8.78 Å². The zero-order valence-corrected chi connectivity index (χ0v) is 27.0. The van der Waals surface area contributed by atoms with E-state index in [0.717, 1.165) is 73.8 Å². The van der Waals surface area contributed by atoms with E-state index < -0.39 is 13.0 Å². The number of halogens is 2.